The number of rotatable bonds is 5. The van der Waals surface area contributed by atoms with Crippen LogP contribution >= 0.6 is 11.6 Å². The normalized spacial score (nSPS) is 18.0. The van der Waals surface area contributed by atoms with Crippen molar-refractivity contribution in [3.63, 3.8) is 0 Å². The number of methoxy groups -OCH3 is 1. The van der Waals surface area contributed by atoms with Crippen molar-refractivity contribution in [1.82, 2.24) is 15.0 Å². The zero-order valence-electron chi connectivity index (χ0n) is 15.7. The van der Waals surface area contributed by atoms with Gasteiger partial charge in [-0.1, -0.05) is 24.6 Å². The zero-order valence-corrected chi connectivity index (χ0v) is 16.5. The predicted octanol–water partition coefficient (Wildman–Crippen LogP) is 4.14. The largest absolute Gasteiger partial charge is 0.495 e. The van der Waals surface area contributed by atoms with Crippen LogP contribution in [0.1, 0.15) is 24.6 Å². The molecule has 0 spiro atoms. The molecule has 0 aliphatic heterocycles. The number of aliphatic hydroxyl groups is 1. The van der Waals surface area contributed by atoms with Gasteiger partial charge < -0.3 is 15.2 Å². The van der Waals surface area contributed by atoms with Crippen molar-refractivity contribution >= 4 is 23.2 Å². The number of anilines is 2. The molecule has 1 aromatic carbocycles. The summed E-state index contributed by atoms with van der Waals surface area (Å²) in [7, 11) is 1.59. The Hall–Kier alpha value is -2.70. The Bertz CT molecular complexity index is 1030. The highest BCUT2D eigenvalue weighted by Crippen LogP contribution is 2.39. The van der Waals surface area contributed by atoms with Gasteiger partial charge in [0.25, 0.3) is 0 Å². The van der Waals surface area contributed by atoms with E-state index in [1.807, 2.05) is 24.4 Å². The molecule has 1 aliphatic carbocycles. The molecule has 144 valence electrons. The first-order chi connectivity index (χ1) is 13.5. The van der Waals surface area contributed by atoms with Crippen LogP contribution < -0.4 is 10.1 Å². The molecule has 4 rings (SSSR count). The Morgan fingerprint density at radius 1 is 1.29 bits per heavy atom. The minimum Gasteiger partial charge on any atom is -0.495 e. The number of aromatic nitrogens is 3. The van der Waals surface area contributed by atoms with Gasteiger partial charge in [-0.15, -0.1) is 0 Å². The quantitative estimate of drug-likeness (QED) is 0.674. The highest BCUT2D eigenvalue weighted by Gasteiger charge is 2.35. The van der Waals surface area contributed by atoms with Gasteiger partial charge >= 0.3 is 0 Å². The summed E-state index contributed by atoms with van der Waals surface area (Å²) in [6.45, 7) is 2.18. The Morgan fingerprint density at radius 2 is 2.14 bits per heavy atom. The van der Waals surface area contributed by atoms with E-state index in [1.165, 1.54) is 0 Å². The Balaban J connectivity index is 1.69. The molecule has 0 bridgehead atoms. The van der Waals surface area contributed by atoms with Crippen LogP contribution in [0.15, 0.2) is 42.7 Å². The number of nitrogens with zero attached hydrogens (tertiary/aromatic N) is 3. The third-order valence-electron chi connectivity index (χ3n) is 5.27. The van der Waals surface area contributed by atoms with Crippen LogP contribution in [-0.4, -0.2) is 33.8 Å². The van der Waals surface area contributed by atoms with Crippen molar-refractivity contribution < 1.29 is 9.84 Å². The fourth-order valence-electron chi connectivity index (χ4n) is 3.54. The number of halogens is 1. The van der Waals surface area contributed by atoms with E-state index in [9.17, 15) is 5.11 Å². The summed E-state index contributed by atoms with van der Waals surface area (Å²) in [4.78, 5) is 13.5. The topological polar surface area (TPSA) is 80.2 Å². The number of nitrogens with one attached hydrogen (secondary N) is 1. The van der Waals surface area contributed by atoms with Crippen molar-refractivity contribution in [2.75, 3.05) is 19.0 Å². The van der Waals surface area contributed by atoms with E-state index < -0.39 is 0 Å². The van der Waals surface area contributed by atoms with Gasteiger partial charge in [0.2, 0.25) is 5.95 Å². The molecule has 0 amide bonds. The average molecular weight is 397 g/mol. The number of benzene rings is 1. The number of para-hydroxylation sites is 1. The van der Waals surface area contributed by atoms with E-state index in [4.69, 9.17) is 16.3 Å². The molecule has 2 heterocycles. The number of hydrogen-bond acceptors (Lipinski definition) is 6. The molecule has 0 saturated heterocycles. The van der Waals surface area contributed by atoms with Crippen molar-refractivity contribution in [1.29, 1.82) is 0 Å². The van der Waals surface area contributed by atoms with Crippen molar-refractivity contribution in [3.05, 3.63) is 59.0 Å². The molecule has 0 fully saturated rings. The molecule has 0 saturated carbocycles. The first-order valence-electron chi connectivity index (χ1n) is 9.07. The second-order valence-electron chi connectivity index (χ2n) is 7.14. The van der Waals surface area contributed by atoms with E-state index in [1.54, 1.807) is 19.4 Å². The first kappa shape index (κ1) is 18.7. The predicted molar refractivity (Wildman–Crippen MR) is 109 cm³/mol. The number of fused-ring (bicyclic) bond motifs is 1. The van der Waals surface area contributed by atoms with E-state index in [0.29, 0.717) is 22.4 Å². The highest BCUT2D eigenvalue weighted by atomic mass is 35.5. The lowest BCUT2D eigenvalue weighted by Crippen LogP contribution is -2.23. The first-order valence-corrected chi connectivity index (χ1v) is 9.45. The van der Waals surface area contributed by atoms with Gasteiger partial charge in [-0.25, -0.2) is 9.97 Å². The van der Waals surface area contributed by atoms with Gasteiger partial charge in [-0.05, 0) is 42.7 Å². The summed E-state index contributed by atoms with van der Waals surface area (Å²) in [5, 5.41) is 13.5. The monoisotopic (exact) mass is 396 g/mol. The molecule has 6 nitrogen and oxygen atoms in total. The number of pyridine rings is 1. The van der Waals surface area contributed by atoms with Crippen molar-refractivity contribution in [3.8, 4) is 17.0 Å². The van der Waals surface area contributed by atoms with Crippen molar-refractivity contribution in [2.24, 2.45) is 0 Å². The standard InChI is InChI=1S/C21H21ClN4O2/c1-21(12-27)8-6-17-14(21)10-13(11-24-17)16-7-9-23-20(25-16)26-19-15(22)4-3-5-18(19)28-2/h3-5,7,9-11,27H,6,8,12H2,1-2H3,(H,23,25,26). The van der Waals surface area contributed by atoms with Crippen molar-refractivity contribution in [2.45, 2.75) is 25.2 Å². The third kappa shape index (κ3) is 3.30. The molecule has 1 atom stereocenters. The molecule has 1 unspecified atom stereocenters. The second kappa shape index (κ2) is 7.37. The number of aryl methyl sites for hydroxylation is 1. The fraction of sp³-hybridized carbons (Fsp3) is 0.286. The number of aliphatic hydroxyl groups excluding tert-OH is 1. The summed E-state index contributed by atoms with van der Waals surface area (Å²) in [6, 6.07) is 9.32. The molecule has 7 heteroatoms. The van der Waals surface area contributed by atoms with Gasteiger partial charge in [0.05, 0.1) is 24.4 Å². The smallest absolute Gasteiger partial charge is 0.227 e. The molecule has 2 N–H and O–H groups in total. The van der Waals surface area contributed by atoms with E-state index in [0.717, 1.165) is 35.4 Å². The van der Waals surface area contributed by atoms with Crippen LogP contribution in [0.3, 0.4) is 0 Å². The summed E-state index contributed by atoms with van der Waals surface area (Å²) in [5.74, 6) is 1.02. The molecule has 2 aromatic heterocycles. The maximum atomic E-state index is 9.83. The van der Waals surface area contributed by atoms with Crippen LogP contribution in [0.2, 0.25) is 5.02 Å². The third-order valence-corrected chi connectivity index (χ3v) is 5.58. The number of ether oxygens (including phenoxy) is 1. The average Bonchev–Trinajstić information content (AvgIpc) is 3.06. The second-order valence-corrected chi connectivity index (χ2v) is 7.55. The van der Waals surface area contributed by atoms with Crippen LogP contribution in [0.25, 0.3) is 11.3 Å². The Kier molecular flexibility index (Phi) is 4.91. The van der Waals surface area contributed by atoms with Gasteiger partial charge in [-0.3, -0.25) is 4.98 Å². The van der Waals surface area contributed by atoms with Crippen LogP contribution in [-0.2, 0) is 11.8 Å². The summed E-state index contributed by atoms with van der Waals surface area (Å²) >= 11 is 6.29. The number of hydrogen-bond donors (Lipinski definition) is 2. The maximum Gasteiger partial charge on any atom is 0.227 e. The zero-order chi connectivity index (χ0) is 19.7. The van der Waals surface area contributed by atoms with E-state index in [2.05, 4.69) is 33.3 Å². The summed E-state index contributed by atoms with van der Waals surface area (Å²) in [5.41, 5.74) is 4.13. The van der Waals surface area contributed by atoms with E-state index >= 15 is 0 Å². The molecule has 1 aliphatic rings. The lowest BCUT2D eigenvalue weighted by molar-refractivity contribution is 0.206. The van der Waals surface area contributed by atoms with Crippen LogP contribution in [0.4, 0.5) is 11.6 Å². The molecule has 28 heavy (non-hydrogen) atoms. The van der Waals surface area contributed by atoms with Gasteiger partial charge in [-0.2, -0.15) is 0 Å². The maximum absolute atomic E-state index is 9.83. The summed E-state index contributed by atoms with van der Waals surface area (Å²) in [6.07, 6.45) is 5.30. The van der Waals surface area contributed by atoms with Crippen LogP contribution in [0, 0.1) is 0 Å². The van der Waals surface area contributed by atoms with Gasteiger partial charge in [0.1, 0.15) is 11.4 Å². The Morgan fingerprint density at radius 3 is 2.93 bits per heavy atom. The minimum absolute atomic E-state index is 0.105. The molecular formula is C21H21ClN4O2. The fourth-order valence-corrected chi connectivity index (χ4v) is 3.75. The lowest BCUT2D eigenvalue weighted by atomic mass is 9.85. The molecular weight excluding hydrogens is 376 g/mol. The van der Waals surface area contributed by atoms with E-state index in [-0.39, 0.29) is 12.0 Å². The van der Waals surface area contributed by atoms with Gasteiger partial charge in [0.15, 0.2) is 0 Å². The minimum atomic E-state index is -0.253. The van der Waals surface area contributed by atoms with Gasteiger partial charge in [0, 0.05) is 29.1 Å². The summed E-state index contributed by atoms with van der Waals surface area (Å²) < 4.78 is 5.36. The highest BCUT2D eigenvalue weighted by molar-refractivity contribution is 6.33. The van der Waals surface area contributed by atoms with Crippen LogP contribution in [0.5, 0.6) is 5.75 Å². The SMILES string of the molecule is COc1cccc(Cl)c1Nc1nccc(-c2cnc3c(c2)C(C)(CO)CC3)n1. The molecule has 0 radical (unpaired) electrons. The lowest BCUT2D eigenvalue weighted by Gasteiger charge is -2.22. The molecule has 3 aromatic rings. The Labute approximate surface area is 168 Å².